The predicted octanol–water partition coefficient (Wildman–Crippen LogP) is 6.13. The second-order valence-corrected chi connectivity index (χ2v) is 4.64. The van der Waals surface area contributed by atoms with Gasteiger partial charge in [-0.3, -0.25) is 0 Å². The van der Waals surface area contributed by atoms with Crippen molar-refractivity contribution in [2.24, 2.45) is 5.92 Å². The Morgan fingerprint density at radius 1 is 1.06 bits per heavy atom. The molecular formula is C16H28F2. The molecule has 0 spiro atoms. The molecule has 1 aliphatic carbocycles. The van der Waals surface area contributed by atoms with Crippen LogP contribution < -0.4 is 0 Å². The lowest BCUT2D eigenvalue weighted by atomic mass is 9.91. The third-order valence-electron chi connectivity index (χ3n) is 3.03. The lowest BCUT2D eigenvalue weighted by molar-refractivity contribution is 0.385. The van der Waals surface area contributed by atoms with Crippen molar-refractivity contribution >= 4 is 0 Å². The van der Waals surface area contributed by atoms with Crippen molar-refractivity contribution in [3.8, 4) is 0 Å². The molecule has 0 radical (unpaired) electrons. The fourth-order valence-corrected chi connectivity index (χ4v) is 1.87. The van der Waals surface area contributed by atoms with Crippen LogP contribution in [0, 0.1) is 24.5 Å². The zero-order valence-corrected chi connectivity index (χ0v) is 12.1. The maximum Gasteiger partial charge on any atom is 0.129 e. The fourth-order valence-electron chi connectivity index (χ4n) is 1.87. The van der Waals surface area contributed by atoms with Crippen LogP contribution in [0.5, 0.6) is 0 Å². The predicted molar refractivity (Wildman–Crippen MR) is 76.8 cm³/mol. The van der Waals surface area contributed by atoms with Gasteiger partial charge in [0.25, 0.3) is 0 Å². The molecule has 2 rings (SSSR count). The molecule has 0 saturated heterocycles. The van der Waals surface area contributed by atoms with E-state index >= 15 is 0 Å². The molecule has 0 aromatic heterocycles. The van der Waals surface area contributed by atoms with Crippen LogP contribution in [0.25, 0.3) is 0 Å². The van der Waals surface area contributed by atoms with Gasteiger partial charge in [-0.1, -0.05) is 58.9 Å². The van der Waals surface area contributed by atoms with Crippen molar-refractivity contribution in [3.63, 3.8) is 0 Å². The summed E-state index contributed by atoms with van der Waals surface area (Å²) in [6, 6.07) is 3.51. The third kappa shape index (κ3) is 7.41. The van der Waals surface area contributed by atoms with Crippen LogP contribution in [0.3, 0.4) is 0 Å². The van der Waals surface area contributed by atoms with E-state index in [-0.39, 0.29) is 1.43 Å². The molecule has 1 aromatic carbocycles. The SMILES string of the molecule is CC.CC1CCCCC1.Cc1ccc(F)cc1F.[HH]. The average Bonchev–Trinajstić information content (AvgIpc) is 2.38. The van der Waals surface area contributed by atoms with Crippen LogP contribution in [-0.2, 0) is 0 Å². The van der Waals surface area contributed by atoms with Gasteiger partial charge in [-0.15, -0.1) is 0 Å². The zero-order chi connectivity index (χ0) is 14.0. The van der Waals surface area contributed by atoms with Gasteiger partial charge in [0, 0.05) is 7.49 Å². The highest BCUT2D eigenvalue weighted by atomic mass is 19.1. The minimum Gasteiger partial charge on any atom is -0.207 e. The van der Waals surface area contributed by atoms with E-state index in [0.29, 0.717) is 5.56 Å². The zero-order valence-electron chi connectivity index (χ0n) is 12.1. The van der Waals surface area contributed by atoms with Crippen LogP contribution >= 0.6 is 0 Å². The summed E-state index contributed by atoms with van der Waals surface area (Å²) in [5.41, 5.74) is 0.469. The summed E-state index contributed by atoms with van der Waals surface area (Å²) in [5, 5.41) is 0. The molecule has 1 aromatic rings. The molecule has 0 aliphatic heterocycles. The highest BCUT2D eigenvalue weighted by molar-refractivity contribution is 5.16. The van der Waals surface area contributed by atoms with Crippen LogP contribution in [0.2, 0.25) is 0 Å². The molecule has 0 unspecified atom stereocenters. The second kappa shape index (κ2) is 10.0. The van der Waals surface area contributed by atoms with Crippen molar-refractivity contribution in [3.05, 3.63) is 35.4 Å². The molecule has 0 nitrogen and oxygen atoms in total. The molecule has 106 valence electrons. The highest BCUT2D eigenvalue weighted by Crippen LogP contribution is 2.22. The first-order valence-corrected chi connectivity index (χ1v) is 7.01. The maximum atomic E-state index is 12.3. The number of halogens is 2. The first kappa shape index (κ1) is 17.1. The van der Waals surface area contributed by atoms with E-state index < -0.39 is 11.6 Å². The van der Waals surface area contributed by atoms with E-state index in [0.717, 1.165) is 12.0 Å². The quantitative estimate of drug-likeness (QED) is 0.525. The molecule has 1 fully saturated rings. The van der Waals surface area contributed by atoms with Gasteiger partial charge >= 0.3 is 0 Å². The van der Waals surface area contributed by atoms with Gasteiger partial charge in [-0.05, 0) is 24.5 Å². The molecule has 0 amide bonds. The molecule has 0 atom stereocenters. The van der Waals surface area contributed by atoms with Crippen molar-refractivity contribution in [1.29, 1.82) is 0 Å². The summed E-state index contributed by atoms with van der Waals surface area (Å²) in [5.74, 6) is 0.0156. The Kier molecular flexibility index (Phi) is 9.53. The van der Waals surface area contributed by atoms with Crippen molar-refractivity contribution < 1.29 is 10.2 Å². The summed E-state index contributed by atoms with van der Waals surface area (Å²) in [6.45, 7) is 7.95. The number of aryl methyl sites for hydroxylation is 1. The Labute approximate surface area is 112 Å². The Morgan fingerprint density at radius 3 is 1.94 bits per heavy atom. The normalized spacial score (nSPS) is 15.0. The molecule has 1 saturated carbocycles. The lowest BCUT2D eigenvalue weighted by Crippen LogP contribution is -1.99. The van der Waals surface area contributed by atoms with Gasteiger partial charge in [0.2, 0.25) is 0 Å². The summed E-state index contributed by atoms with van der Waals surface area (Å²) in [4.78, 5) is 0. The summed E-state index contributed by atoms with van der Waals surface area (Å²) in [6.07, 6.45) is 7.44. The summed E-state index contributed by atoms with van der Waals surface area (Å²) in [7, 11) is 0. The summed E-state index contributed by atoms with van der Waals surface area (Å²) >= 11 is 0. The molecular weight excluding hydrogens is 230 g/mol. The number of hydrogen-bond acceptors (Lipinski definition) is 0. The second-order valence-electron chi connectivity index (χ2n) is 4.64. The van der Waals surface area contributed by atoms with Gasteiger partial charge in [-0.2, -0.15) is 0 Å². The number of benzene rings is 1. The van der Waals surface area contributed by atoms with Gasteiger partial charge in [0.15, 0.2) is 0 Å². The smallest absolute Gasteiger partial charge is 0.129 e. The molecule has 1 aliphatic rings. The maximum absolute atomic E-state index is 12.3. The van der Waals surface area contributed by atoms with E-state index in [4.69, 9.17) is 0 Å². The highest BCUT2D eigenvalue weighted by Gasteiger charge is 2.05. The van der Waals surface area contributed by atoms with Gasteiger partial charge in [0.05, 0.1) is 0 Å². The Bertz CT molecular complexity index is 321. The van der Waals surface area contributed by atoms with Crippen LogP contribution in [-0.4, -0.2) is 0 Å². The number of hydrogen-bond donors (Lipinski definition) is 0. The van der Waals surface area contributed by atoms with Gasteiger partial charge in [0.1, 0.15) is 11.6 Å². The molecule has 0 N–H and O–H groups in total. The van der Waals surface area contributed by atoms with E-state index in [2.05, 4.69) is 6.92 Å². The van der Waals surface area contributed by atoms with Gasteiger partial charge < -0.3 is 0 Å². The third-order valence-corrected chi connectivity index (χ3v) is 3.03. The largest absolute Gasteiger partial charge is 0.207 e. The first-order valence-electron chi connectivity index (χ1n) is 7.01. The van der Waals surface area contributed by atoms with E-state index in [9.17, 15) is 8.78 Å². The van der Waals surface area contributed by atoms with Crippen molar-refractivity contribution in [1.82, 2.24) is 0 Å². The van der Waals surface area contributed by atoms with Crippen molar-refractivity contribution in [2.45, 2.75) is 59.8 Å². The molecule has 0 heterocycles. The van der Waals surface area contributed by atoms with Crippen LogP contribution in [0.15, 0.2) is 18.2 Å². The van der Waals surface area contributed by atoms with E-state index in [1.165, 1.54) is 44.2 Å². The lowest BCUT2D eigenvalue weighted by Gasteiger charge is -2.15. The fraction of sp³-hybridized carbons (Fsp3) is 0.625. The first-order chi connectivity index (χ1) is 8.59. The minimum atomic E-state index is -0.530. The number of rotatable bonds is 0. The summed E-state index contributed by atoms with van der Waals surface area (Å²) < 4.78 is 24.4. The van der Waals surface area contributed by atoms with E-state index in [1.807, 2.05) is 13.8 Å². The molecule has 0 bridgehead atoms. The monoisotopic (exact) mass is 258 g/mol. The topological polar surface area (TPSA) is 0 Å². The Morgan fingerprint density at radius 2 is 1.61 bits per heavy atom. The van der Waals surface area contributed by atoms with Gasteiger partial charge in [-0.25, -0.2) is 8.78 Å². The average molecular weight is 258 g/mol. The van der Waals surface area contributed by atoms with Crippen LogP contribution in [0.1, 0.15) is 59.9 Å². The Balaban J connectivity index is 0. The Hall–Kier alpha value is -0.920. The standard InChI is InChI=1S/C7H6F2.C7H14.C2H6.H2/c1-5-2-3-6(8)4-7(5)9;1-7-5-3-2-4-6-7;1-2;/h2-4H,1H3;7H,2-6H2,1H3;1-2H3;1H. The van der Waals surface area contributed by atoms with E-state index in [1.54, 1.807) is 6.92 Å². The minimum absolute atomic E-state index is 0. The van der Waals surface area contributed by atoms with Crippen LogP contribution in [0.4, 0.5) is 8.78 Å². The molecule has 2 heteroatoms. The van der Waals surface area contributed by atoms with Crippen molar-refractivity contribution in [2.75, 3.05) is 0 Å². The molecule has 18 heavy (non-hydrogen) atoms.